The maximum Gasteiger partial charge on any atom is 0.203 e. The Morgan fingerprint density at radius 3 is 2.34 bits per heavy atom. The number of aliphatic imine (C=N–C) groups is 1. The molecule has 0 aliphatic carbocycles. The third-order valence-electron chi connectivity index (χ3n) is 5.27. The highest BCUT2D eigenvalue weighted by Crippen LogP contribution is 2.38. The quantitative estimate of drug-likeness (QED) is 0.427. The zero-order chi connectivity index (χ0) is 22.7. The third kappa shape index (κ3) is 4.60. The van der Waals surface area contributed by atoms with Crippen molar-refractivity contribution in [1.29, 1.82) is 0 Å². The average Bonchev–Trinajstić information content (AvgIpc) is 3.19. The van der Waals surface area contributed by atoms with Gasteiger partial charge in [0, 0.05) is 11.1 Å². The van der Waals surface area contributed by atoms with Gasteiger partial charge in [-0.05, 0) is 53.6 Å². The molecular weight excluding hydrogens is 464 g/mol. The molecule has 166 valence electrons. The minimum absolute atomic E-state index is 0.450. The van der Waals surface area contributed by atoms with Crippen LogP contribution in [0.25, 0.3) is 0 Å². The summed E-state index contributed by atoms with van der Waals surface area (Å²) in [7, 11) is 4.85. The standard InChI is InChI=1S/C24H23ClN2O3S2/c1-28-19-11-15(12-20(29-2)23(19)30-3)5-4-14-6-7-16(18(25)10-14)22-17-8-9-32-24(17)27-21(31)13-26-22/h6-12H,4-5,13H2,1-3H3,(H,27,31). The molecular formula is C24H23ClN2O3S2. The van der Waals surface area contributed by atoms with Gasteiger partial charge in [0.15, 0.2) is 11.5 Å². The normalized spacial score (nSPS) is 13.0. The van der Waals surface area contributed by atoms with Crippen LogP contribution in [0.3, 0.4) is 0 Å². The Hall–Kier alpha value is -2.61. The fourth-order valence-electron chi connectivity index (χ4n) is 3.70. The Bertz CT molecular complexity index is 1160. The van der Waals surface area contributed by atoms with Crippen molar-refractivity contribution >= 4 is 50.9 Å². The first-order valence-corrected chi connectivity index (χ1v) is 11.7. The molecule has 0 fully saturated rings. The van der Waals surface area contributed by atoms with Gasteiger partial charge in [0.25, 0.3) is 0 Å². The topological polar surface area (TPSA) is 52.1 Å². The Kier molecular flexibility index (Phi) is 6.98. The number of thiocarbonyl (C=S) groups is 1. The number of aryl methyl sites for hydroxylation is 2. The number of fused-ring (bicyclic) bond motifs is 1. The van der Waals surface area contributed by atoms with Crippen molar-refractivity contribution in [2.75, 3.05) is 33.2 Å². The van der Waals surface area contributed by atoms with E-state index in [1.807, 2.05) is 29.6 Å². The molecule has 0 radical (unpaired) electrons. The van der Waals surface area contributed by atoms with Crippen LogP contribution in [-0.2, 0) is 12.8 Å². The second kappa shape index (κ2) is 9.90. The lowest BCUT2D eigenvalue weighted by atomic mass is 9.99. The van der Waals surface area contributed by atoms with E-state index in [0.717, 1.165) is 45.8 Å². The number of benzene rings is 2. The summed E-state index contributed by atoms with van der Waals surface area (Å²) in [6, 6.07) is 12.2. The summed E-state index contributed by atoms with van der Waals surface area (Å²) in [6.07, 6.45) is 1.63. The van der Waals surface area contributed by atoms with Crippen molar-refractivity contribution in [3.63, 3.8) is 0 Å². The number of rotatable bonds is 7. The lowest BCUT2D eigenvalue weighted by Gasteiger charge is -2.14. The lowest BCUT2D eigenvalue weighted by molar-refractivity contribution is 0.324. The number of hydrogen-bond acceptors (Lipinski definition) is 6. The molecule has 0 spiro atoms. The summed E-state index contributed by atoms with van der Waals surface area (Å²) in [5.74, 6) is 1.90. The second-order valence-electron chi connectivity index (χ2n) is 7.22. The second-order valence-corrected chi connectivity index (χ2v) is 9.04. The van der Waals surface area contributed by atoms with Crippen molar-refractivity contribution < 1.29 is 14.2 Å². The predicted octanol–water partition coefficient (Wildman–Crippen LogP) is 5.80. The molecule has 0 amide bonds. The summed E-state index contributed by atoms with van der Waals surface area (Å²) in [4.78, 5) is 5.43. The maximum atomic E-state index is 6.72. The molecule has 0 unspecified atom stereocenters. The molecule has 2 aromatic carbocycles. The summed E-state index contributed by atoms with van der Waals surface area (Å²) >= 11 is 13.7. The van der Waals surface area contributed by atoms with Crippen LogP contribution in [-0.4, -0.2) is 38.6 Å². The molecule has 8 heteroatoms. The number of methoxy groups -OCH3 is 3. The van der Waals surface area contributed by atoms with Crippen LogP contribution in [0.2, 0.25) is 5.02 Å². The van der Waals surface area contributed by atoms with E-state index < -0.39 is 0 Å². The Labute approximate surface area is 202 Å². The first-order chi connectivity index (χ1) is 15.5. The van der Waals surface area contributed by atoms with E-state index in [0.29, 0.717) is 33.8 Å². The van der Waals surface area contributed by atoms with Crippen molar-refractivity contribution in [2.24, 2.45) is 4.99 Å². The maximum absolute atomic E-state index is 6.72. The van der Waals surface area contributed by atoms with Gasteiger partial charge in [0.1, 0.15) is 9.99 Å². The molecule has 0 bridgehead atoms. The van der Waals surface area contributed by atoms with Crippen molar-refractivity contribution in [3.8, 4) is 17.2 Å². The number of nitrogens with one attached hydrogen (secondary N) is 1. The molecule has 3 aromatic rings. The number of nitrogens with zero attached hydrogens (tertiary/aromatic N) is 1. The number of halogens is 1. The summed E-state index contributed by atoms with van der Waals surface area (Å²) in [5.41, 5.74) is 5.04. The summed E-state index contributed by atoms with van der Waals surface area (Å²) in [6.45, 7) is 0.450. The molecule has 1 aliphatic rings. The van der Waals surface area contributed by atoms with E-state index in [-0.39, 0.29) is 0 Å². The zero-order valence-electron chi connectivity index (χ0n) is 18.0. The van der Waals surface area contributed by atoms with Gasteiger partial charge in [-0.2, -0.15) is 0 Å². The van der Waals surface area contributed by atoms with Gasteiger partial charge in [-0.15, -0.1) is 11.3 Å². The van der Waals surface area contributed by atoms with E-state index in [2.05, 4.69) is 17.4 Å². The van der Waals surface area contributed by atoms with Gasteiger partial charge in [-0.1, -0.05) is 36.0 Å². The van der Waals surface area contributed by atoms with Gasteiger partial charge < -0.3 is 19.5 Å². The zero-order valence-corrected chi connectivity index (χ0v) is 20.4. The molecule has 4 rings (SSSR count). The van der Waals surface area contributed by atoms with Crippen molar-refractivity contribution in [2.45, 2.75) is 12.8 Å². The van der Waals surface area contributed by atoms with E-state index >= 15 is 0 Å². The average molecular weight is 487 g/mol. The monoisotopic (exact) mass is 486 g/mol. The molecule has 5 nitrogen and oxygen atoms in total. The first-order valence-electron chi connectivity index (χ1n) is 10.0. The lowest BCUT2D eigenvalue weighted by Crippen LogP contribution is -2.09. The number of ether oxygens (including phenoxy) is 3. The molecule has 1 aromatic heterocycles. The van der Waals surface area contributed by atoms with Crippen LogP contribution >= 0.6 is 35.2 Å². The van der Waals surface area contributed by atoms with Gasteiger partial charge in [-0.3, -0.25) is 4.99 Å². The van der Waals surface area contributed by atoms with Crippen LogP contribution in [0.5, 0.6) is 17.2 Å². The Balaban J connectivity index is 1.56. The van der Waals surface area contributed by atoms with Crippen LogP contribution < -0.4 is 19.5 Å². The highest BCUT2D eigenvalue weighted by atomic mass is 35.5. The molecule has 0 atom stereocenters. The highest BCUT2D eigenvalue weighted by molar-refractivity contribution is 7.80. The van der Waals surface area contributed by atoms with Crippen LogP contribution in [0.4, 0.5) is 5.00 Å². The van der Waals surface area contributed by atoms with Crippen LogP contribution in [0, 0.1) is 0 Å². The number of thiophene rings is 1. The van der Waals surface area contributed by atoms with Gasteiger partial charge >= 0.3 is 0 Å². The molecule has 32 heavy (non-hydrogen) atoms. The first kappa shape index (κ1) is 22.6. The van der Waals surface area contributed by atoms with E-state index in [9.17, 15) is 0 Å². The van der Waals surface area contributed by atoms with E-state index in [4.69, 9.17) is 43.0 Å². The number of hydrogen-bond donors (Lipinski definition) is 1. The molecule has 0 saturated heterocycles. The van der Waals surface area contributed by atoms with Crippen molar-refractivity contribution in [1.82, 2.24) is 0 Å². The predicted molar refractivity (Wildman–Crippen MR) is 136 cm³/mol. The SMILES string of the molecule is COc1cc(CCc2ccc(C3=NCC(=S)Nc4sccc43)c(Cl)c2)cc(OC)c1OC. The minimum Gasteiger partial charge on any atom is -0.493 e. The van der Waals surface area contributed by atoms with Gasteiger partial charge in [0.05, 0.1) is 38.6 Å². The smallest absolute Gasteiger partial charge is 0.203 e. The van der Waals surface area contributed by atoms with E-state index in [1.54, 1.807) is 32.7 Å². The molecule has 2 heterocycles. The molecule has 0 saturated carbocycles. The number of anilines is 1. The largest absolute Gasteiger partial charge is 0.493 e. The molecule has 1 aliphatic heterocycles. The fraction of sp³-hybridized carbons (Fsp3) is 0.250. The van der Waals surface area contributed by atoms with Crippen LogP contribution in [0.1, 0.15) is 22.3 Å². The summed E-state index contributed by atoms with van der Waals surface area (Å²) < 4.78 is 16.3. The fourth-order valence-corrected chi connectivity index (χ4v) is 5.04. The Morgan fingerprint density at radius 2 is 1.69 bits per heavy atom. The Morgan fingerprint density at radius 1 is 0.969 bits per heavy atom. The molecule has 1 N–H and O–H groups in total. The van der Waals surface area contributed by atoms with Crippen molar-refractivity contribution in [3.05, 3.63) is 69.1 Å². The summed E-state index contributed by atoms with van der Waals surface area (Å²) in [5, 5.41) is 6.97. The van der Waals surface area contributed by atoms with Gasteiger partial charge in [-0.25, -0.2) is 0 Å². The van der Waals surface area contributed by atoms with E-state index in [1.165, 1.54) is 0 Å². The minimum atomic E-state index is 0.450. The van der Waals surface area contributed by atoms with Crippen LogP contribution in [0.15, 0.2) is 46.8 Å². The third-order valence-corrected chi connectivity index (χ3v) is 6.64. The highest BCUT2D eigenvalue weighted by Gasteiger charge is 2.20. The van der Waals surface area contributed by atoms with Gasteiger partial charge in [0.2, 0.25) is 5.75 Å².